The smallest absolute Gasteiger partial charge is 0.276 e. The number of hydrogen-bond acceptors (Lipinski definition) is 6. The zero-order valence-corrected chi connectivity index (χ0v) is 18.4. The van der Waals surface area contributed by atoms with Crippen LogP contribution in [0.1, 0.15) is 27.2 Å². The van der Waals surface area contributed by atoms with Crippen LogP contribution < -0.4 is 10.1 Å². The Hall–Kier alpha value is -3.98. The van der Waals surface area contributed by atoms with E-state index in [0.717, 1.165) is 27.3 Å². The van der Waals surface area contributed by atoms with Gasteiger partial charge in [0.15, 0.2) is 5.69 Å². The fraction of sp³-hybridized carbons (Fsp3) is 0.130. The number of aromatic nitrogens is 2. The third-order valence-electron chi connectivity index (χ3n) is 4.95. The quantitative estimate of drug-likeness (QED) is 0.277. The summed E-state index contributed by atoms with van der Waals surface area (Å²) in [5, 5.41) is 22.9. The lowest BCUT2D eigenvalue weighted by molar-refractivity contribution is -0.384. The molecule has 1 amide bonds. The number of amides is 1. The van der Waals surface area contributed by atoms with Crippen molar-refractivity contribution in [2.75, 3.05) is 5.32 Å². The highest BCUT2D eigenvalue weighted by Crippen LogP contribution is 2.33. The number of non-ortho nitro benzene ring substituents is 1. The Morgan fingerprint density at radius 2 is 1.97 bits per heavy atom. The number of hydrogen-bond donors (Lipinski definition) is 2. The molecule has 0 aliphatic heterocycles. The van der Waals surface area contributed by atoms with Crippen LogP contribution in [0.5, 0.6) is 11.5 Å². The molecule has 4 rings (SSSR count). The standard InChI is InChI=1S/C23H20N4O4S/c1-13-7-14(2)15(3)21(8-13)31-18-10-16(9-17(11-18)27(29)30)24-23(28)20-12-19(25-26-20)22-5-4-6-32-22/h4-12H,1-3H3,(H,24,28)(H,25,26). The summed E-state index contributed by atoms with van der Waals surface area (Å²) >= 11 is 1.52. The molecule has 162 valence electrons. The normalized spacial score (nSPS) is 10.7. The topological polar surface area (TPSA) is 110 Å². The molecule has 0 aliphatic carbocycles. The first kappa shape index (κ1) is 21.3. The van der Waals surface area contributed by atoms with Crippen LogP contribution in [0.25, 0.3) is 10.6 Å². The van der Waals surface area contributed by atoms with Gasteiger partial charge in [0.05, 0.1) is 27.2 Å². The number of carbonyl (C=O) groups excluding carboxylic acids is 1. The first-order valence-corrected chi connectivity index (χ1v) is 10.6. The maximum Gasteiger partial charge on any atom is 0.276 e. The number of benzene rings is 2. The average Bonchev–Trinajstić information content (AvgIpc) is 3.43. The van der Waals surface area contributed by atoms with Crippen LogP contribution in [0.15, 0.2) is 53.9 Å². The van der Waals surface area contributed by atoms with Gasteiger partial charge in [-0.1, -0.05) is 12.1 Å². The number of rotatable bonds is 6. The number of aryl methyl sites for hydroxylation is 2. The second-order valence-corrected chi connectivity index (χ2v) is 8.33. The van der Waals surface area contributed by atoms with E-state index >= 15 is 0 Å². The molecule has 4 aromatic rings. The number of nitrogens with zero attached hydrogens (tertiary/aromatic N) is 2. The zero-order chi connectivity index (χ0) is 22.8. The fourth-order valence-corrected chi connectivity index (χ4v) is 3.94. The molecule has 0 radical (unpaired) electrons. The van der Waals surface area contributed by atoms with E-state index in [2.05, 4.69) is 15.5 Å². The Morgan fingerprint density at radius 1 is 1.16 bits per heavy atom. The van der Waals surface area contributed by atoms with Gasteiger partial charge in [-0.2, -0.15) is 5.10 Å². The number of nitro groups is 1. The molecule has 32 heavy (non-hydrogen) atoms. The molecule has 0 saturated heterocycles. The number of ether oxygens (including phenoxy) is 1. The highest BCUT2D eigenvalue weighted by atomic mass is 32.1. The summed E-state index contributed by atoms with van der Waals surface area (Å²) in [7, 11) is 0. The monoisotopic (exact) mass is 448 g/mol. The molecular formula is C23H20N4O4S. The lowest BCUT2D eigenvalue weighted by Crippen LogP contribution is -2.12. The van der Waals surface area contributed by atoms with Crippen molar-refractivity contribution in [3.05, 3.63) is 86.4 Å². The molecular weight excluding hydrogens is 428 g/mol. The summed E-state index contributed by atoms with van der Waals surface area (Å²) < 4.78 is 5.97. The van der Waals surface area contributed by atoms with Gasteiger partial charge in [0, 0.05) is 12.1 Å². The largest absolute Gasteiger partial charge is 0.457 e. The highest BCUT2D eigenvalue weighted by molar-refractivity contribution is 7.13. The van der Waals surface area contributed by atoms with Gasteiger partial charge in [0.2, 0.25) is 0 Å². The molecule has 0 unspecified atom stereocenters. The molecule has 2 aromatic carbocycles. The van der Waals surface area contributed by atoms with Crippen molar-refractivity contribution >= 4 is 28.6 Å². The molecule has 2 heterocycles. The average molecular weight is 449 g/mol. The van der Waals surface area contributed by atoms with Crippen LogP contribution in [-0.4, -0.2) is 21.0 Å². The summed E-state index contributed by atoms with van der Waals surface area (Å²) in [6.45, 7) is 5.85. The summed E-state index contributed by atoms with van der Waals surface area (Å²) in [6.07, 6.45) is 0. The molecule has 8 nitrogen and oxygen atoms in total. The lowest BCUT2D eigenvalue weighted by atomic mass is 10.1. The van der Waals surface area contributed by atoms with Crippen LogP contribution in [-0.2, 0) is 0 Å². The summed E-state index contributed by atoms with van der Waals surface area (Å²) in [5.41, 5.74) is 3.94. The van der Waals surface area contributed by atoms with E-state index < -0.39 is 10.8 Å². The predicted octanol–water partition coefficient (Wildman–Crippen LogP) is 6.02. The van der Waals surface area contributed by atoms with Crippen molar-refractivity contribution in [2.24, 2.45) is 0 Å². The molecule has 0 atom stereocenters. The van der Waals surface area contributed by atoms with Gasteiger partial charge in [-0.3, -0.25) is 20.0 Å². The minimum absolute atomic E-state index is 0.174. The first-order valence-electron chi connectivity index (χ1n) is 9.76. The Bertz CT molecular complexity index is 1310. The number of nitrogens with one attached hydrogen (secondary N) is 2. The van der Waals surface area contributed by atoms with Crippen LogP contribution in [0.4, 0.5) is 11.4 Å². The van der Waals surface area contributed by atoms with E-state index in [1.165, 1.54) is 23.5 Å². The molecule has 0 saturated carbocycles. The zero-order valence-electron chi connectivity index (χ0n) is 17.6. The van der Waals surface area contributed by atoms with Gasteiger partial charge >= 0.3 is 0 Å². The van der Waals surface area contributed by atoms with Crippen LogP contribution in [0.2, 0.25) is 0 Å². The Labute approximate surface area is 188 Å². The summed E-state index contributed by atoms with van der Waals surface area (Å²) in [4.78, 5) is 24.6. The Kier molecular flexibility index (Phi) is 5.74. The third-order valence-corrected chi connectivity index (χ3v) is 5.85. The second kappa shape index (κ2) is 8.64. The van der Waals surface area contributed by atoms with Crippen molar-refractivity contribution in [1.29, 1.82) is 0 Å². The van der Waals surface area contributed by atoms with Crippen LogP contribution in [0, 0.1) is 30.9 Å². The van der Waals surface area contributed by atoms with E-state index in [-0.39, 0.29) is 22.8 Å². The fourth-order valence-electron chi connectivity index (χ4n) is 3.24. The van der Waals surface area contributed by atoms with Gasteiger partial charge in [-0.15, -0.1) is 11.3 Å². The SMILES string of the molecule is Cc1cc(C)c(C)c(Oc2cc(NC(=O)c3cc(-c4cccs4)[nH]n3)cc([N+](=O)[O-])c2)c1. The van der Waals surface area contributed by atoms with E-state index in [9.17, 15) is 14.9 Å². The van der Waals surface area contributed by atoms with Crippen molar-refractivity contribution in [2.45, 2.75) is 20.8 Å². The van der Waals surface area contributed by atoms with Gasteiger partial charge in [-0.05, 0) is 61.0 Å². The molecule has 2 N–H and O–H groups in total. The van der Waals surface area contributed by atoms with Crippen molar-refractivity contribution in [3.63, 3.8) is 0 Å². The molecule has 0 spiro atoms. The van der Waals surface area contributed by atoms with Crippen LogP contribution in [0.3, 0.4) is 0 Å². The van der Waals surface area contributed by atoms with E-state index in [1.54, 1.807) is 12.1 Å². The van der Waals surface area contributed by atoms with Gasteiger partial charge < -0.3 is 10.1 Å². The van der Waals surface area contributed by atoms with Crippen LogP contribution >= 0.6 is 11.3 Å². The van der Waals surface area contributed by atoms with Gasteiger partial charge in [-0.25, -0.2) is 0 Å². The first-order chi connectivity index (χ1) is 15.3. The van der Waals surface area contributed by atoms with E-state index in [1.807, 2.05) is 50.4 Å². The predicted molar refractivity (Wildman–Crippen MR) is 124 cm³/mol. The molecule has 2 aromatic heterocycles. The van der Waals surface area contributed by atoms with Crippen molar-refractivity contribution < 1.29 is 14.5 Å². The molecule has 0 aliphatic rings. The summed E-state index contributed by atoms with van der Waals surface area (Å²) in [6, 6.07) is 13.5. The minimum Gasteiger partial charge on any atom is -0.457 e. The molecule has 0 bridgehead atoms. The maximum atomic E-state index is 12.7. The number of aromatic amines is 1. The second-order valence-electron chi connectivity index (χ2n) is 7.38. The molecule has 0 fully saturated rings. The van der Waals surface area contributed by atoms with Crippen molar-refractivity contribution in [3.8, 4) is 22.1 Å². The lowest BCUT2D eigenvalue weighted by Gasteiger charge is -2.13. The van der Waals surface area contributed by atoms with E-state index in [4.69, 9.17) is 4.74 Å². The minimum atomic E-state index is -0.527. The van der Waals surface area contributed by atoms with Gasteiger partial charge in [0.1, 0.15) is 11.5 Å². The number of carbonyl (C=O) groups is 1. The molecule has 9 heteroatoms. The highest BCUT2D eigenvalue weighted by Gasteiger charge is 2.17. The Morgan fingerprint density at radius 3 is 2.69 bits per heavy atom. The maximum absolute atomic E-state index is 12.7. The van der Waals surface area contributed by atoms with Gasteiger partial charge in [0.25, 0.3) is 11.6 Å². The number of anilines is 1. The number of H-pyrrole nitrogens is 1. The number of thiophene rings is 1. The summed E-state index contributed by atoms with van der Waals surface area (Å²) in [5.74, 6) is 0.371. The Balaban J connectivity index is 1.61. The number of nitro benzene ring substituents is 1. The van der Waals surface area contributed by atoms with Crippen molar-refractivity contribution in [1.82, 2.24) is 10.2 Å². The third kappa shape index (κ3) is 4.52. The van der Waals surface area contributed by atoms with E-state index in [0.29, 0.717) is 5.75 Å².